The normalized spacial score (nSPS) is 21.4. The Bertz CT molecular complexity index is 911. The van der Waals surface area contributed by atoms with Gasteiger partial charge in [-0.1, -0.05) is 12.1 Å². The molecule has 0 aromatic heterocycles. The Kier molecular flexibility index (Phi) is 6.43. The number of aliphatic hydroxyl groups excluding tert-OH is 1. The summed E-state index contributed by atoms with van der Waals surface area (Å²) in [4.78, 5) is 4.75. The van der Waals surface area contributed by atoms with E-state index >= 15 is 0 Å². The number of rotatable bonds is 6. The van der Waals surface area contributed by atoms with Crippen LogP contribution in [0.3, 0.4) is 0 Å². The molecule has 1 saturated heterocycles. The smallest absolute Gasteiger partial charge is 0.164 e. The number of nitrogens with zero attached hydrogens (tertiary/aromatic N) is 2. The van der Waals surface area contributed by atoms with Crippen molar-refractivity contribution >= 4 is 5.69 Å². The van der Waals surface area contributed by atoms with E-state index in [1.165, 1.54) is 0 Å². The molecule has 1 aliphatic heterocycles. The molecule has 0 spiro atoms. The van der Waals surface area contributed by atoms with Crippen molar-refractivity contribution in [1.29, 1.82) is 0 Å². The summed E-state index contributed by atoms with van der Waals surface area (Å²) in [6.45, 7) is 3.54. The van der Waals surface area contributed by atoms with Gasteiger partial charge >= 0.3 is 0 Å². The molecule has 2 aromatic rings. The molecule has 168 valence electrons. The SMILES string of the molecule is COc1ccccc1N1CCN([C@H]2Cc3c(OC)cc(OC)c(OC)c3C[C@@H]2O)CC1. The van der Waals surface area contributed by atoms with E-state index in [4.69, 9.17) is 18.9 Å². The van der Waals surface area contributed by atoms with Gasteiger partial charge in [-0.15, -0.1) is 0 Å². The number of fused-ring (bicyclic) bond motifs is 1. The Hall–Kier alpha value is -2.64. The minimum atomic E-state index is -0.476. The molecular weight excluding hydrogens is 396 g/mol. The maximum absolute atomic E-state index is 11.1. The molecule has 1 aliphatic carbocycles. The number of anilines is 1. The Balaban J connectivity index is 1.53. The second kappa shape index (κ2) is 9.24. The van der Waals surface area contributed by atoms with Crippen molar-refractivity contribution in [1.82, 2.24) is 4.90 Å². The van der Waals surface area contributed by atoms with Crippen LogP contribution in [0.2, 0.25) is 0 Å². The molecule has 0 saturated carbocycles. The van der Waals surface area contributed by atoms with Gasteiger partial charge in [0.2, 0.25) is 0 Å². The van der Waals surface area contributed by atoms with Crippen LogP contribution in [0.15, 0.2) is 30.3 Å². The number of benzene rings is 2. The number of hydrogen-bond donors (Lipinski definition) is 1. The first kappa shape index (κ1) is 21.6. The molecule has 0 amide bonds. The van der Waals surface area contributed by atoms with Crippen molar-refractivity contribution in [2.75, 3.05) is 59.5 Å². The first-order chi connectivity index (χ1) is 15.1. The van der Waals surface area contributed by atoms with E-state index in [9.17, 15) is 5.11 Å². The van der Waals surface area contributed by atoms with Gasteiger partial charge in [0.15, 0.2) is 11.5 Å². The van der Waals surface area contributed by atoms with Crippen molar-refractivity contribution in [3.05, 3.63) is 41.5 Å². The van der Waals surface area contributed by atoms with E-state index < -0.39 is 6.10 Å². The van der Waals surface area contributed by atoms with Gasteiger partial charge in [0.05, 0.1) is 40.2 Å². The fourth-order valence-electron chi connectivity index (χ4n) is 4.95. The van der Waals surface area contributed by atoms with E-state index in [0.717, 1.165) is 54.5 Å². The minimum Gasteiger partial charge on any atom is -0.496 e. The summed E-state index contributed by atoms with van der Waals surface area (Å²) in [6.07, 6.45) is 0.758. The Morgan fingerprint density at radius 1 is 0.774 bits per heavy atom. The number of piperazine rings is 1. The summed E-state index contributed by atoms with van der Waals surface area (Å²) in [6, 6.07) is 10.1. The second-order valence-corrected chi connectivity index (χ2v) is 8.01. The van der Waals surface area contributed by atoms with Gasteiger partial charge in [-0.05, 0) is 18.6 Å². The van der Waals surface area contributed by atoms with Crippen molar-refractivity contribution < 1.29 is 24.1 Å². The number of methoxy groups -OCH3 is 4. The molecule has 0 unspecified atom stereocenters. The number of ether oxygens (including phenoxy) is 4. The second-order valence-electron chi connectivity index (χ2n) is 8.01. The van der Waals surface area contributed by atoms with Crippen molar-refractivity contribution in [3.8, 4) is 23.0 Å². The molecule has 31 heavy (non-hydrogen) atoms. The molecule has 7 nitrogen and oxygen atoms in total. The van der Waals surface area contributed by atoms with Crippen LogP contribution in [0.5, 0.6) is 23.0 Å². The molecule has 0 bridgehead atoms. The Labute approximate surface area is 184 Å². The van der Waals surface area contributed by atoms with Gasteiger partial charge in [-0.3, -0.25) is 4.90 Å². The fraction of sp³-hybridized carbons (Fsp3) is 0.500. The third kappa shape index (κ3) is 4.00. The third-order valence-corrected chi connectivity index (χ3v) is 6.55. The summed E-state index contributed by atoms with van der Waals surface area (Å²) in [5, 5.41) is 11.1. The lowest BCUT2D eigenvalue weighted by Crippen LogP contribution is -2.56. The molecule has 1 fully saturated rings. The van der Waals surface area contributed by atoms with E-state index in [1.54, 1.807) is 28.4 Å². The van der Waals surface area contributed by atoms with Gasteiger partial charge in [0.1, 0.15) is 11.5 Å². The van der Waals surface area contributed by atoms with Crippen LogP contribution in [0.25, 0.3) is 0 Å². The molecule has 2 atom stereocenters. The zero-order chi connectivity index (χ0) is 22.0. The van der Waals surface area contributed by atoms with Crippen molar-refractivity contribution in [2.24, 2.45) is 0 Å². The molecule has 4 rings (SSSR count). The summed E-state index contributed by atoms with van der Waals surface area (Å²) in [7, 11) is 6.64. The van der Waals surface area contributed by atoms with Crippen LogP contribution in [-0.2, 0) is 12.8 Å². The number of hydrogen-bond acceptors (Lipinski definition) is 7. The average Bonchev–Trinajstić information content (AvgIpc) is 2.82. The standard InChI is InChI=1S/C24H32N2O5/c1-28-21-8-6-5-7-18(21)25-9-11-26(12-10-25)19-13-16-17(14-20(19)27)24(31-4)23(30-3)15-22(16)29-2/h5-8,15,19-20,27H,9-14H2,1-4H3/t19-,20-/m0/s1. The monoisotopic (exact) mass is 428 g/mol. The quantitative estimate of drug-likeness (QED) is 0.758. The highest BCUT2D eigenvalue weighted by atomic mass is 16.5. The highest BCUT2D eigenvalue weighted by Gasteiger charge is 2.37. The predicted octanol–water partition coefficient (Wildman–Crippen LogP) is 2.37. The molecule has 7 heteroatoms. The third-order valence-electron chi connectivity index (χ3n) is 6.55. The number of para-hydroxylation sites is 2. The molecule has 0 radical (unpaired) electrons. The Morgan fingerprint density at radius 3 is 2.10 bits per heavy atom. The van der Waals surface area contributed by atoms with Gasteiger partial charge in [-0.2, -0.15) is 0 Å². The highest BCUT2D eigenvalue weighted by molar-refractivity contribution is 5.60. The summed E-state index contributed by atoms with van der Waals surface area (Å²) >= 11 is 0. The summed E-state index contributed by atoms with van der Waals surface area (Å²) < 4.78 is 22.3. The molecule has 1 N–H and O–H groups in total. The highest BCUT2D eigenvalue weighted by Crippen LogP contribution is 2.44. The van der Waals surface area contributed by atoms with Crippen LogP contribution in [-0.4, -0.2) is 76.8 Å². The first-order valence-corrected chi connectivity index (χ1v) is 10.7. The van der Waals surface area contributed by atoms with E-state index in [-0.39, 0.29) is 6.04 Å². The minimum absolute atomic E-state index is 0.0410. The number of aliphatic hydroxyl groups is 1. The molecule has 2 aliphatic rings. The van der Waals surface area contributed by atoms with Gasteiger partial charge < -0.3 is 29.0 Å². The molecule has 1 heterocycles. The van der Waals surface area contributed by atoms with Gasteiger partial charge in [-0.25, -0.2) is 0 Å². The lowest BCUT2D eigenvalue weighted by atomic mass is 9.83. The average molecular weight is 429 g/mol. The lowest BCUT2D eigenvalue weighted by Gasteiger charge is -2.44. The van der Waals surface area contributed by atoms with Gasteiger partial charge in [0, 0.05) is 55.8 Å². The maximum atomic E-state index is 11.1. The maximum Gasteiger partial charge on any atom is 0.164 e. The zero-order valence-corrected chi connectivity index (χ0v) is 18.8. The first-order valence-electron chi connectivity index (χ1n) is 10.7. The summed E-state index contributed by atoms with van der Waals surface area (Å²) in [5.41, 5.74) is 3.20. The Morgan fingerprint density at radius 2 is 1.45 bits per heavy atom. The van der Waals surface area contributed by atoms with Crippen LogP contribution in [0.4, 0.5) is 5.69 Å². The van der Waals surface area contributed by atoms with Crippen molar-refractivity contribution in [3.63, 3.8) is 0 Å². The largest absolute Gasteiger partial charge is 0.496 e. The molecule has 2 aromatic carbocycles. The van der Waals surface area contributed by atoms with Crippen LogP contribution in [0.1, 0.15) is 11.1 Å². The molecular formula is C24H32N2O5. The van der Waals surface area contributed by atoms with E-state index in [2.05, 4.69) is 15.9 Å². The summed E-state index contributed by atoms with van der Waals surface area (Å²) in [5.74, 6) is 3.01. The zero-order valence-electron chi connectivity index (χ0n) is 18.8. The van der Waals surface area contributed by atoms with Crippen LogP contribution >= 0.6 is 0 Å². The van der Waals surface area contributed by atoms with E-state index in [1.807, 2.05) is 24.3 Å². The van der Waals surface area contributed by atoms with E-state index in [0.29, 0.717) is 24.3 Å². The fourth-order valence-corrected chi connectivity index (χ4v) is 4.95. The van der Waals surface area contributed by atoms with Crippen LogP contribution < -0.4 is 23.8 Å². The van der Waals surface area contributed by atoms with Crippen molar-refractivity contribution in [2.45, 2.75) is 25.0 Å². The van der Waals surface area contributed by atoms with Crippen LogP contribution in [0, 0.1) is 0 Å². The topological polar surface area (TPSA) is 63.6 Å². The van der Waals surface area contributed by atoms with Gasteiger partial charge in [0.25, 0.3) is 0 Å². The predicted molar refractivity (Wildman–Crippen MR) is 120 cm³/mol. The lowest BCUT2D eigenvalue weighted by molar-refractivity contribution is 0.0383.